The van der Waals surface area contributed by atoms with Crippen LogP contribution in [0.3, 0.4) is 0 Å². The molecule has 0 saturated carbocycles. The van der Waals surface area contributed by atoms with Crippen LogP contribution in [0.5, 0.6) is 0 Å². The first-order chi connectivity index (χ1) is 9.08. The van der Waals surface area contributed by atoms with Gasteiger partial charge in [0.15, 0.2) is 0 Å². The molecule has 5 nitrogen and oxygen atoms in total. The van der Waals surface area contributed by atoms with E-state index in [4.69, 9.17) is 10.8 Å². The number of rotatable bonds is 3. The Kier molecular flexibility index (Phi) is 3.77. The molecule has 0 spiro atoms. The lowest BCUT2D eigenvalue weighted by Gasteiger charge is -2.07. The van der Waals surface area contributed by atoms with Gasteiger partial charge < -0.3 is 16.2 Å². The summed E-state index contributed by atoms with van der Waals surface area (Å²) in [5.41, 5.74) is 8.23. The van der Waals surface area contributed by atoms with Crippen molar-refractivity contribution in [2.45, 2.75) is 13.5 Å². The number of nitrogens with zero attached hydrogens (tertiary/aromatic N) is 1. The summed E-state index contributed by atoms with van der Waals surface area (Å²) in [6.07, 6.45) is 0. The van der Waals surface area contributed by atoms with Crippen LogP contribution in [-0.4, -0.2) is 16.0 Å². The third kappa shape index (κ3) is 3.29. The second-order valence-electron chi connectivity index (χ2n) is 4.23. The maximum Gasteiger partial charge on any atom is 0.255 e. The molecule has 4 N–H and O–H groups in total. The number of carbonyl (C=O) groups is 1. The van der Waals surface area contributed by atoms with Crippen molar-refractivity contribution in [1.29, 1.82) is 0 Å². The molecule has 1 amide bonds. The summed E-state index contributed by atoms with van der Waals surface area (Å²) >= 11 is 0. The molecule has 0 aliphatic heterocycles. The van der Waals surface area contributed by atoms with Crippen molar-refractivity contribution in [3.63, 3.8) is 0 Å². The summed E-state index contributed by atoms with van der Waals surface area (Å²) < 4.78 is 0. The van der Waals surface area contributed by atoms with Crippen LogP contribution >= 0.6 is 0 Å². The van der Waals surface area contributed by atoms with Crippen LogP contribution in [0.25, 0.3) is 0 Å². The zero-order valence-corrected chi connectivity index (χ0v) is 10.6. The molecule has 1 heterocycles. The fraction of sp³-hybridized carbons (Fsp3) is 0.143. The summed E-state index contributed by atoms with van der Waals surface area (Å²) in [7, 11) is 0. The van der Waals surface area contributed by atoms with Gasteiger partial charge in [0.1, 0.15) is 5.82 Å². The highest BCUT2D eigenvalue weighted by Gasteiger charge is 2.08. The first-order valence-electron chi connectivity index (χ1n) is 5.84. The Hall–Kier alpha value is -2.40. The molecule has 0 aliphatic rings. The monoisotopic (exact) mass is 257 g/mol. The van der Waals surface area contributed by atoms with Gasteiger partial charge in [-0.05, 0) is 36.8 Å². The Morgan fingerprint density at radius 2 is 2.00 bits per heavy atom. The topological polar surface area (TPSA) is 88.2 Å². The van der Waals surface area contributed by atoms with E-state index in [2.05, 4.69) is 10.3 Å². The molecule has 5 heteroatoms. The van der Waals surface area contributed by atoms with E-state index in [1.807, 2.05) is 0 Å². The highest BCUT2D eigenvalue weighted by molar-refractivity contribution is 6.04. The first-order valence-corrected chi connectivity index (χ1v) is 5.84. The van der Waals surface area contributed by atoms with Gasteiger partial charge in [0.05, 0.1) is 6.61 Å². The Morgan fingerprint density at radius 3 is 2.58 bits per heavy atom. The molecule has 0 bridgehead atoms. The van der Waals surface area contributed by atoms with Gasteiger partial charge in [-0.25, -0.2) is 4.98 Å². The molecule has 0 fully saturated rings. The van der Waals surface area contributed by atoms with E-state index < -0.39 is 0 Å². The Morgan fingerprint density at radius 1 is 1.32 bits per heavy atom. The number of carbonyl (C=O) groups excluding carboxylic acids is 1. The number of aryl methyl sites for hydroxylation is 1. The van der Waals surface area contributed by atoms with E-state index in [9.17, 15) is 4.79 Å². The Labute approximate surface area is 111 Å². The number of benzene rings is 1. The first kappa shape index (κ1) is 13.0. The normalized spacial score (nSPS) is 10.2. The number of aliphatic hydroxyl groups excluding tert-OH is 1. The number of nitrogens with one attached hydrogen (secondary N) is 1. The van der Waals surface area contributed by atoms with Gasteiger partial charge in [-0.1, -0.05) is 12.1 Å². The largest absolute Gasteiger partial charge is 0.392 e. The van der Waals surface area contributed by atoms with Crippen molar-refractivity contribution in [3.8, 4) is 0 Å². The number of hydrogen-bond acceptors (Lipinski definition) is 4. The minimum absolute atomic E-state index is 0.0195. The van der Waals surface area contributed by atoms with Crippen LogP contribution in [0.1, 0.15) is 21.6 Å². The van der Waals surface area contributed by atoms with Gasteiger partial charge in [-0.2, -0.15) is 0 Å². The van der Waals surface area contributed by atoms with Gasteiger partial charge >= 0.3 is 0 Å². The van der Waals surface area contributed by atoms with Crippen molar-refractivity contribution in [2.75, 3.05) is 11.1 Å². The maximum atomic E-state index is 12.0. The summed E-state index contributed by atoms with van der Waals surface area (Å²) in [6, 6.07) is 10.2. The SMILES string of the molecule is Cc1cc(C(=O)Nc2ccc(CO)cc2)cc(N)n1. The third-order valence-corrected chi connectivity index (χ3v) is 2.63. The molecule has 0 radical (unpaired) electrons. The molecule has 19 heavy (non-hydrogen) atoms. The number of nitrogen functional groups attached to an aromatic ring is 1. The number of aromatic nitrogens is 1. The molecule has 2 rings (SSSR count). The smallest absolute Gasteiger partial charge is 0.255 e. The van der Waals surface area contributed by atoms with Crippen LogP contribution in [0.15, 0.2) is 36.4 Å². The number of hydrogen-bond donors (Lipinski definition) is 3. The number of anilines is 2. The van der Waals surface area contributed by atoms with E-state index in [1.165, 1.54) is 6.07 Å². The van der Waals surface area contributed by atoms with Crippen molar-refractivity contribution >= 4 is 17.4 Å². The van der Waals surface area contributed by atoms with E-state index in [0.717, 1.165) is 5.56 Å². The molecule has 0 saturated heterocycles. The summed E-state index contributed by atoms with van der Waals surface area (Å²) in [5, 5.41) is 11.7. The van der Waals surface area contributed by atoms with E-state index in [-0.39, 0.29) is 12.5 Å². The van der Waals surface area contributed by atoms with E-state index in [0.29, 0.717) is 22.8 Å². The summed E-state index contributed by atoms with van der Waals surface area (Å²) in [5.74, 6) is 0.0785. The Balaban J connectivity index is 2.15. The third-order valence-electron chi connectivity index (χ3n) is 2.63. The predicted molar refractivity (Wildman–Crippen MR) is 73.7 cm³/mol. The molecule has 1 aromatic carbocycles. The van der Waals surface area contributed by atoms with Gasteiger partial charge in [-0.3, -0.25) is 4.79 Å². The molecule has 1 aromatic heterocycles. The molecule has 0 atom stereocenters. The number of amides is 1. The lowest BCUT2D eigenvalue weighted by atomic mass is 10.2. The average molecular weight is 257 g/mol. The predicted octanol–water partition coefficient (Wildman–Crippen LogP) is 1.72. The highest BCUT2D eigenvalue weighted by atomic mass is 16.3. The molecule has 0 unspecified atom stereocenters. The van der Waals surface area contributed by atoms with E-state index in [1.54, 1.807) is 37.3 Å². The molecule has 98 valence electrons. The fourth-order valence-corrected chi connectivity index (χ4v) is 1.72. The summed E-state index contributed by atoms with van der Waals surface area (Å²) in [6.45, 7) is 1.76. The number of aliphatic hydroxyl groups is 1. The lowest BCUT2D eigenvalue weighted by molar-refractivity contribution is 0.102. The van der Waals surface area contributed by atoms with Crippen molar-refractivity contribution in [3.05, 3.63) is 53.2 Å². The molecular weight excluding hydrogens is 242 g/mol. The van der Waals surface area contributed by atoms with Crippen molar-refractivity contribution < 1.29 is 9.90 Å². The molecule has 0 aliphatic carbocycles. The number of nitrogens with two attached hydrogens (primary N) is 1. The average Bonchev–Trinajstić information content (AvgIpc) is 2.38. The van der Waals surface area contributed by atoms with E-state index >= 15 is 0 Å². The molecular formula is C14H15N3O2. The van der Waals surface area contributed by atoms with Gasteiger partial charge in [0.25, 0.3) is 5.91 Å². The summed E-state index contributed by atoms with van der Waals surface area (Å²) in [4.78, 5) is 16.0. The van der Waals surface area contributed by atoms with Crippen LogP contribution < -0.4 is 11.1 Å². The fourth-order valence-electron chi connectivity index (χ4n) is 1.72. The lowest BCUT2D eigenvalue weighted by Crippen LogP contribution is -2.13. The second-order valence-corrected chi connectivity index (χ2v) is 4.23. The van der Waals surface area contributed by atoms with Gasteiger partial charge in [0, 0.05) is 16.9 Å². The van der Waals surface area contributed by atoms with Gasteiger partial charge in [-0.15, -0.1) is 0 Å². The van der Waals surface area contributed by atoms with Crippen molar-refractivity contribution in [1.82, 2.24) is 4.98 Å². The minimum atomic E-state index is -0.242. The Bertz CT molecular complexity index is 574. The number of pyridine rings is 1. The highest BCUT2D eigenvalue weighted by Crippen LogP contribution is 2.13. The maximum absolute atomic E-state index is 12.0. The standard InChI is InChI=1S/C14H15N3O2/c1-9-6-11(7-13(15)16-9)14(19)17-12-4-2-10(8-18)3-5-12/h2-7,18H,8H2,1H3,(H2,15,16)(H,17,19). The zero-order chi connectivity index (χ0) is 13.8. The van der Waals surface area contributed by atoms with Crippen LogP contribution in [0.4, 0.5) is 11.5 Å². The van der Waals surface area contributed by atoms with Crippen LogP contribution in [-0.2, 0) is 6.61 Å². The quantitative estimate of drug-likeness (QED) is 0.781. The van der Waals surface area contributed by atoms with Crippen LogP contribution in [0.2, 0.25) is 0 Å². The minimum Gasteiger partial charge on any atom is -0.392 e. The zero-order valence-electron chi connectivity index (χ0n) is 10.6. The van der Waals surface area contributed by atoms with Gasteiger partial charge in [0.2, 0.25) is 0 Å². The second kappa shape index (κ2) is 5.49. The van der Waals surface area contributed by atoms with Crippen molar-refractivity contribution in [2.24, 2.45) is 0 Å². The molecule has 2 aromatic rings. The van der Waals surface area contributed by atoms with Crippen LogP contribution in [0, 0.1) is 6.92 Å².